The number of aromatic amines is 1. The maximum Gasteiger partial charge on any atom is 0.404 e. The van der Waals surface area contributed by atoms with Crippen molar-refractivity contribution in [3.8, 4) is 22.8 Å². The van der Waals surface area contributed by atoms with Crippen LogP contribution in [0.25, 0.3) is 22.2 Å². The summed E-state index contributed by atoms with van der Waals surface area (Å²) >= 11 is 0. The Balaban J connectivity index is 1.51. The maximum absolute atomic E-state index is 10.6. The number of rotatable bonds is 7. The number of fused-ring (bicyclic) bond motifs is 1. The monoisotopic (exact) mass is 437 g/mol. The Morgan fingerprint density at radius 1 is 1.12 bits per heavy atom. The number of likely N-dealkylation sites (tertiary alicyclic amines) is 1. The number of nitrogens with one attached hydrogen (secondary N) is 2. The van der Waals surface area contributed by atoms with Crippen LogP contribution in [0.4, 0.5) is 4.79 Å². The molecule has 1 aliphatic rings. The van der Waals surface area contributed by atoms with Gasteiger partial charge in [-0.1, -0.05) is 6.07 Å². The van der Waals surface area contributed by atoms with Crippen LogP contribution in [0.1, 0.15) is 29.9 Å². The molecule has 1 saturated heterocycles. The lowest BCUT2D eigenvalue weighted by molar-refractivity contribution is 0.185. The number of benzene rings is 2. The van der Waals surface area contributed by atoms with E-state index in [4.69, 9.17) is 14.6 Å². The molecule has 0 bridgehead atoms. The van der Waals surface area contributed by atoms with Crippen molar-refractivity contribution in [1.29, 1.82) is 0 Å². The molecule has 3 N–H and O–H groups in total. The van der Waals surface area contributed by atoms with E-state index in [0.717, 1.165) is 55.0 Å². The van der Waals surface area contributed by atoms with Crippen LogP contribution in [0.15, 0.2) is 36.4 Å². The second-order valence-corrected chi connectivity index (χ2v) is 8.35. The molecule has 1 amide bonds. The zero-order chi connectivity index (χ0) is 22.7. The molecule has 170 valence electrons. The summed E-state index contributed by atoms with van der Waals surface area (Å²) < 4.78 is 10.9. The topological polar surface area (TPSA) is 86.8 Å². The molecule has 0 atom stereocenters. The summed E-state index contributed by atoms with van der Waals surface area (Å²) in [4.78, 5) is 16.5. The van der Waals surface area contributed by atoms with E-state index in [9.17, 15) is 4.79 Å². The van der Waals surface area contributed by atoms with Crippen molar-refractivity contribution in [2.75, 3.05) is 40.4 Å². The SMILES string of the molecule is COc1ccc(-c2[nH]c3ccc(C4CCN(CCNC(=O)O)CC4)cc3c2C)cc1OC. The number of carboxylic acid groups (broad SMARTS) is 1. The summed E-state index contributed by atoms with van der Waals surface area (Å²) in [5.74, 6) is 1.97. The molecule has 0 unspecified atom stereocenters. The first kappa shape index (κ1) is 22.0. The van der Waals surface area contributed by atoms with Crippen molar-refractivity contribution < 1.29 is 19.4 Å². The van der Waals surface area contributed by atoms with Crippen LogP contribution in [0.2, 0.25) is 0 Å². The number of amides is 1. The van der Waals surface area contributed by atoms with Crippen molar-refractivity contribution in [3.05, 3.63) is 47.5 Å². The van der Waals surface area contributed by atoms with Gasteiger partial charge in [0, 0.05) is 35.2 Å². The van der Waals surface area contributed by atoms with Crippen molar-refractivity contribution >= 4 is 17.0 Å². The second kappa shape index (κ2) is 9.53. The van der Waals surface area contributed by atoms with Crippen molar-refractivity contribution in [1.82, 2.24) is 15.2 Å². The summed E-state index contributed by atoms with van der Waals surface area (Å²) in [6, 6.07) is 12.7. The molecule has 1 fully saturated rings. The number of aromatic nitrogens is 1. The van der Waals surface area contributed by atoms with Gasteiger partial charge in [0.2, 0.25) is 0 Å². The minimum absolute atomic E-state index is 0.480. The second-order valence-electron chi connectivity index (χ2n) is 8.35. The summed E-state index contributed by atoms with van der Waals surface area (Å²) in [7, 11) is 3.30. The average Bonchev–Trinajstić information content (AvgIpc) is 3.14. The highest BCUT2D eigenvalue weighted by Gasteiger charge is 2.21. The Hall–Kier alpha value is -3.19. The number of methoxy groups -OCH3 is 2. The first-order valence-electron chi connectivity index (χ1n) is 11.0. The summed E-state index contributed by atoms with van der Waals surface area (Å²) in [6.45, 7) is 5.39. The fraction of sp³-hybridized carbons (Fsp3) is 0.400. The van der Waals surface area contributed by atoms with Gasteiger partial charge in [0.05, 0.1) is 14.2 Å². The number of hydrogen-bond acceptors (Lipinski definition) is 4. The third kappa shape index (κ3) is 4.53. The first-order valence-corrected chi connectivity index (χ1v) is 11.0. The number of aryl methyl sites for hydroxylation is 1. The molecule has 1 aromatic heterocycles. The molecule has 7 nitrogen and oxygen atoms in total. The zero-order valence-corrected chi connectivity index (χ0v) is 18.9. The Kier molecular flexibility index (Phi) is 6.55. The van der Waals surface area contributed by atoms with E-state index in [1.165, 1.54) is 16.5 Å². The molecule has 4 rings (SSSR count). The molecule has 0 saturated carbocycles. The lowest BCUT2D eigenvalue weighted by Crippen LogP contribution is -2.38. The summed E-state index contributed by atoms with van der Waals surface area (Å²) in [5.41, 5.74) is 5.90. The van der Waals surface area contributed by atoms with Crippen LogP contribution in [-0.4, -0.2) is 61.5 Å². The molecule has 7 heteroatoms. The summed E-state index contributed by atoms with van der Waals surface area (Å²) in [5, 5.41) is 12.4. The van der Waals surface area contributed by atoms with Crippen molar-refractivity contribution in [2.24, 2.45) is 0 Å². The first-order chi connectivity index (χ1) is 15.5. The molecule has 0 radical (unpaired) electrons. The smallest absolute Gasteiger partial charge is 0.404 e. The van der Waals surface area contributed by atoms with Crippen molar-refractivity contribution in [3.63, 3.8) is 0 Å². The highest BCUT2D eigenvalue weighted by molar-refractivity contribution is 5.91. The van der Waals surface area contributed by atoms with E-state index in [2.05, 4.69) is 46.4 Å². The number of hydrogen-bond donors (Lipinski definition) is 3. The number of H-pyrrole nitrogens is 1. The normalized spacial score (nSPS) is 15.1. The van der Waals surface area contributed by atoms with Crippen LogP contribution < -0.4 is 14.8 Å². The van der Waals surface area contributed by atoms with Gasteiger partial charge in [0.15, 0.2) is 11.5 Å². The Morgan fingerprint density at radius 2 is 1.88 bits per heavy atom. The third-order valence-corrected chi connectivity index (χ3v) is 6.52. The zero-order valence-electron chi connectivity index (χ0n) is 18.9. The molecule has 0 spiro atoms. The minimum Gasteiger partial charge on any atom is -0.493 e. The van der Waals surface area contributed by atoms with E-state index < -0.39 is 6.09 Å². The van der Waals surface area contributed by atoms with Gasteiger partial charge in [0.1, 0.15) is 0 Å². The number of nitrogens with zero attached hydrogens (tertiary/aromatic N) is 1. The number of ether oxygens (including phenoxy) is 2. The maximum atomic E-state index is 10.6. The fourth-order valence-electron chi connectivity index (χ4n) is 4.69. The molecule has 3 aromatic rings. The standard InChI is InChI=1S/C25H31N3O4/c1-16-20-14-18(17-8-11-28(12-9-17)13-10-26-25(29)30)4-6-21(20)27-24(16)19-5-7-22(31-2)23(15-19)32-3/h4-7,14-15,17,26-27H,8-13H2,1-3H3,(H,29,30). The van der Waals surface area contributed by atoms with Gasteiger partial charge in [-0.05, 0) is 80.2 Å². The Bertz CT molecular complexity index is 1100. The average molecular weight is 438 g/mol. The van der Waals surface area contributed by atoms with Gasteiger partial charge >= 0.3 is 6.09 Å². The van der Waals surface area contributed by atoms with Crippen LogP contribution in [0.5, 0.6) is 11.5 Å². The predicted molar refractivity (Wildman–Crippen MR) is 126 cm³/mol. The van der Waals surface area contributed by atoms with Crippen LogP contribution in [0, 0.1) is 6.92 Å². The molecular weight excluding hydrogens is 406 g/mol. The highest BCUT2D eigenvalue weighted by Crippen LogP contribution is 2.37. The largest absolute Gasteiger partial charge is 0.493 e. The van der Waals surface area contributed by atoms with Gasteiger partial charge in [-0.3, -0.25) is 0 Å². The summed E-state index contributed by atoms with van der Waals surface area (Å²) in [6.07, 6.45) is 1.22. The van der Waals surface area contributed by atoms with Gasteiger partial charge in [-0.15, -0.1) is 0 Å². The molecule has 32 heavy (non-hydrogen) atoms. The quantitative estimate of drug-likeness (QED) is 0.503. The molecular formula is C25H31N3O4. The van der Waals surface area contributed by atoms with Crippen LogP contribution >= 0.6 is 0 Å². The lowest BCUT2D eigenvalue weighted by Gasteiger charge is -2.32. The van der Waals surface area contributed by atoms with E-state index in [-0.39, 0.29) is 0 Å². The predicted octanol–water partition coefficient (Wildman–Crippen LogP) is 4.61. The molecule has 2 aromatic carbocycles. The van der Waals surface area contributed by atoms with Gasteiger partial charge in [0.25, 0.3) is 0 Å². The molecule has 2 heterocycles. The van der Waals surface area contributed by atoms with Gasteiger partial charge in [-0.2, -0.15) is 0 Å². The fourth-order valence-corrected chi connectivity index (χ4v) is 4.69. The van der Waals surface area contributed by atoms with Gasteiger partial charge in [-0.25, -0.2) is 4.79 Å². The van der Waals surface area contributed by atoms with E-state index >= 15 is 0 Å². The number of piperidine rings is 1. The number of carbonyl (C=O) groups is 1. The van der Waals surface area contributed by atoms with Crippen LogP contribution in [-0.2, 0) is 0 Å². The molecule has 1 aliphatic heterocycles. The van der Waals surface area contributed by atoms with Crippen molar-refractivity contribution in [2.45, 2.75) is 25.7 Å². The van der Waals surface area contributed by atoms with Crippen LogP contribution in [0.3, 0.4) is 0 Å². The van der Waals surface area contributed by atoms with E-state index in [1.54, 1.807) is 14.2 Å². The Labute approximate surface area is 188 Å². The third-order valence-electron chi connectivity index (χ3n) is 6.52. The van der Waals surface area contributed by atoms with E-state index in [1.807, 2.05) is 12.1 Å². The molecule has 0 aliphatic carbocycles. The van der Waals surface area contributed by atoms with E-state index in [0.29, 0.717) is 18.2 Å². The minimum atomic E-state index is -0.956. The highest BCUT2D eigenvalue weighted by atomic mass is 16.5. The van der Waals surface area contributed by atoms with Gasteiger partial charge < -0.3 is 29.8 Å². The lowest BCUT2D eigenvalue weighted by atomic mass is 9.88. The Morgan fingerprint density at radius 3 is 2.56 bits per heavy atom.